The summed E-state index contributed by atoms with van der Waals surface area (Å²) in [4.78, 5) is 3.86. The van der Waals surface area contributed by atoms with E-state index < -0.39 is 0 Å². The molecule has 0 aliphatic rings. The third kappa shape index (κ3) is 3.23. The molecule has 3 rings (SSSR count). The van der Waals surface area contributed by atoms with E-state index >= 15 is 0 Å². The Balaban J connectivity index is 1.84. The van der Waals surface area contributed by atoms with Gasteiger partial charge in [0.25, 0.3) is 0 Å². The van der Waals surface area contributed by atoms with E-state index in [1.54, 1.807) is 18.3 Å². The van der Waals surface area contributed by atoms with Crippen molar-refractivity contribution in [2.24, 2.45) is 0 Å². The fourth-order valence-electron chi connectivity index (χ4n) is 2.14. The molecule has 110 valence electrons. The average molecular weight is 294 g/mol. The zero-order valence-electron chi connectivity index (χ0n) is 11.9. The topological polar surface area (TPSA) is 48.1 Å². The minimum absolute atomic E-state index is 0.374. The van der Waals surface area contributed by atoms with E-state index in [4.69, 9.17) is 10.5 Å². The van der Waals surface area contributed by atoms with Gasteiger partial charge in [0, 0.05) is 11.8 Å². The van der Waals surface area contributed by atoms with Crippen molar-refractivity contribution in [3.63, 3.8) is 0 Å². The zero-order chi connectivity index (χ0) is 15.4. The van der Waals surface area contributed by atoms with Crippen LogP contribution in [0, 0.1) is 5.82 Å². The second kappa shape index (κ2) is 6.26. The molecule has 4 heteroatoms. The standard InChI is InChI=1S/C18H15FN2O/c19-16-8-15(10-21-11-16)14-6-7-17(20)18(9-14)22-12-13-4-2-1-3-5-13/h1-11H,12,20H2. The molecule has 1 aromatic heterocycles. The first-order valence-electron chi connectivity index (χ1n) is 6.89. The Kier molecular flexibility index (Phi) is 4.01. The molecule has 1 heterocycles. The number of nitrogen functional groups attached to an aromatic ring is 1. The smallest absolute Gasteiger partial charge is 0.143 e. The van der Waals surface area contributed by atoms with Crippen molar-refractivity contribution in [2.75, 3.05) is 5.73 Å². The van der Waals surface area contributed by atoms with Crippen molar-refractivity contribution in [1.29, 1.82) is 0 Å². The van der Waals surface area contributed by atoms with Crippen LogP contribution in [-0.2, 0) is 6.61 Å². The van der Waals surface area contributed by atoms with Crippen LogP contribution in [0.2, 0.25) is 0 Å². The normalized spacial score (nSPS) is 10.4. The molecule has 22 heavy (non-hydrogen) atoms. The van der Waals surface area contributed by atoms with Gasteiger partial charge in [-0.15, -0.1) is 0 Å². The third-order valence-corrected chi connectivity index (χ3v) is 3.29. The first-order chi connectivity index (χ1) is 10.7. The minimum Gasteiger partial charge on any atom is -0.487 e. The first kappa shape index (κ1) is 14.1. The summed E-state index contributed by atoms with van der Waals surface area (Å²) in [6.45, 7) is 0.426. The van der Waals surface area contributed by atoms with Crippen molar-refractivity contribution in [2.45, 2.75) is 6.61 Å². The van der Waals surface area contributed by atoms with E-state index in [2.05, 4.69) is 4.98 Å². The number of hydrogen-bond acceptors (Lipinski definition) is 3. The monoisotopic (exact) mass is 294 g/mol. The summed E-state index contributed by atoms with van der Waals surface area (Å²) in [6, 6.07) is 16.6. The Labute approximate surface area is 128 Å². The highest BCUT2D eigenvalue weighted by Crippen LogP contribution is 2.29. The summed E-state index contributed by atoms with van der Waals surface area (Å²) >= 11 is 0. The minimum atomic E-state index is -0.374. The molecule has 0 unspecified atom stereocenters. The molecule has 0 spiro atoms. The fraction of sp³-hybridized carbons (Fsp3) is 0.0556. The molecular weight excluding hydrogens is 279 g/mol. The molecule has 0 atom stereocenters. The lowest BCUT2D eigenvalue weighted by atomic mass is 10.1. The van der Waals surface area contributed by atoms with Gasteiger partial charge in [-0.2, -0.15) is 0 Å². The van der Waals surface area contributed by atoms with E-state index in [1.165, 1.54) is 12.3 Å². The lowest BCUT2D eigenvalue weighted by Crippen LogP contribution is -1.99. The van der Waals surface area contributed by atoms with Gasteiger partial charge in [-0.05, 0) is 29.3 Å². The van der Waals surface area contributed by atoms with Gasteiger partial charge in [0.1, 0.15) is 18.2 Å². The molecule has 3 nitrogen and oxygen atoms in total. The predicted molar refractivity (Wildman–Crippen MR) is 84.8 cm³/mol. The maximum Gasteiger partial charge on any atom is 0.143 e. The van der Waals surface area contributed by atoms with Gasteiger partial charge in [0.2, 0.25) is 0 Å². The highest BCUT2D eigenvalue weighted by molar-refractivity contribution is 5.69. The van der Waals surface area contributed by atoms with E-state index in [0.29, 0.717) is 23.6 Å². The van der Waals surface area contributed by atoms with Crippen molar-refractivity contribution in [1.82, 2.24) is 4.98 Å². The van der Waals surface area contributed by atoms with Gasteiger partial charge in [0.15, 0.2) is 0 Å². The van der Waals surface area contributed by atoms with Crippen LogP contribution in [0.1, 0.15) is 5.56 Å². The first-order valence-corrected chi connectivity index (χ1v) is 6.89. The summed E-state index contributed by atoms with van der Waals surface area (Å²) in [5.41, 5.74) is 9.04. The van der Waals surface area contributed by atoms with Crippen LogP contribution in [0.25, 0.3) is 11.1 Å². The van der Waals surface area contributed by atoms with Crippen LogP contribution in [0.4, 0.5) is 10.1 Å². The molecule has 0 saturated carbocycles. The number of rotatable bonds is 4. The van der Waals surface area contributed by atoms with Crippen LogP contribution in [0.5, 0.6) is 5.75 Å². The van der Waals surface area contributed by atoms with E-state index in [0.717, 1.165) is 11.1 Å². The number of halogens is 1. The highest BCUT2D eigenvalue weighted by Gasteiger charge is 2.06. The maximum atomic E-state index is 13.3. The number of benzene rings is 2. The second-order valence-electron chi connectivity index (χ2n) is 4.92. The van der Waals surface area contributed by atoms with Gasteiger partial charge in [-0.1, -0.05) is 36.4 Å². The molecule has 0 fully saturated rings. The molecule has 0 amide bonds. The molecule has 2 N–H and O–H groups in total. The number of nitrogens with two attached hydrogens (primary N) is 1. The van der Waals surface area contributed by atoms with E-state index in [9.17, 15) is 4.39 Å². The molecule has 0 saturated heterocycles. The van der Waals surface area contributed by atoms with Crippen LogP contribution < -0.4 is 10.5 Å². The summed E-state index contributed by atoms with van der Waals surface area (Å²) in [6.07, 6.45) is 2.78. The third-order valence-electron chi connectivity index (χ3n) is 3.29. The zero-order valence-corrected chi connectivity index (χ0v) is 11.9. The van der Waals surface area contributed by atoms with Gasteiger partial charge < -0.3 is 10.5 Å². The van der Waals surface area contributed by atoms with Gasteiger partial charge in [-0.25, -0.2) is 4.39 Å². The molecule has 3 aromatic rings. The Morgan fingerprint density at radius 1 is 0.955 bits per heavy atom. The highest BCUT2D eigenvalue weighted by atomic mass is 19.1. The second-order valence-corrected chi connectivity index (χ2v) is 4.92. The molecule has 0 bridgehead atoms. The van der Waals surface area contributed by atoms with E-state index in [1.807, 2.05) is 36.4 Å². The Hall–Kier alpha value is -2.88. The summed E-state index contributed by atoms with van der Waals surface area (Å²) in [5, 5.41) is 0. The fourth-order valence-corrected chi connectivity index (χ4v) is 2.14. The number of hydrogen-bond donors (Lipinski definition) is 1. The SMILES string of the molecule is Nc1ccc(-c2cncc(F)c2)cc1OCc1ccccc1. The van der Waals surface area contributed by atoms with Crippen LogP contribution in [0.15, 0.2) is 67.0 Å². The van der Waals surface area contributed by atoms with Crippen LogP contribution in [0.3, 0.4) is 0 Å². The number of aromatic nitrogens is 1. The van der Waals surface area contributed by atoms with Crippen molar-refractivity contribution in [3.8, 4) is 16.9 Å². The van der Waals surface area contributed by atoms with Gasteiger partial charge in [-0.3, -0.25) is 4.98 Å². The lowest BCUT2D eigenvalue weighted by Gasteiger charge is -2.11. The molecule has 0 radical (unpaired) electrons. The molecule has 0 aliphatic carbocycles. The number of nitrogens with zero attached hydrogens (tertiary/aromatic N) is 1. The Morgan fingerprint density at radius 3 is 2.55 bits per heavy atom. The summed E-state index contributed by atoms with van der Waals surface area (Å²) < 4.78 is 19.1. The number of anilines is 1. The molecule has 0 aliphatic heterocycles. The summed E-state index contributed by atoms with van der Waals surface area (Å²) in [7, 11) is 0. The Bertz CT molecular complexity index is 775. The number of pyridine rings is 1. The van der Waals surface area contributed by atoms with Gasteiger partial charge >= 0.3 is 0 Å². The Morgan fingerprint density at radius 2 is 1.77 bits per heavy atom. The average Bonchev–Trinajstić information content (AvgIpc) is 2.55. The molecular formula is C18H15FN2O. The summed E-state index contributed by atoms with van der Waals surface area (Å²) in [5.74, 6) is 0.201. The largest absolute Gasteiger partial charge is 0.487 e. The van der Waals surface area contributed by atoms with Crippen LogP contribution >= 0.6 is 0 Å². The van der Waals surface area contributed by atoms with Crippen molar-refractivity contribution < 1.29 is 9.13 Å². The molecule has 2 aromatic carbocycles. The number of ether oxygens (including phenoxy) is 1. The van der Waals surface area contributed by atoms with Crippen LogP contribution in [-0.4, -0.2) is 4.98 Å². The van der Waals surface area contributed by atoms with E-state index in [-0.39, 0.29) is 5.82 Å². The van der Waals surface area contributed by atoms with Crippen molar-refractivity contribution >= 4 is 5.69 Å². The predicted octanol–water partition coefficient (Wildman–Crippen LogP) is 4.05. The lowest BCUT2D eigenvalue weighted by molar-refractivity contribution is 0.308. The van der Waals surface area contributed by atoms with Crippen molar-refractivity contribution in [3.05, 3.63) is 78.4 Å². The maximum absolute atomic E-state index is 13.3. The van der Waals surface area contributed by atoms with Gasteiger partial charge in [0.05, 0.1) is 11.9 Å². The quantitative estimate of drug-likeness (QED) is 0.738.